The molecule has 106 valence electrons. The van der Waals surface area contributed by atoms with Gasteiger partial charge in [0.2, 0.25) is 5.91 Å². The number of carbonyl (C=O) groups is 1. The fourth-order valence-corrected chi connectivity index (χ4v) is 1.87. The number of carbonyl (C=O) groups excluding carboxylic acids is 1. The first-order valence-corrected chi connectivity index (χ1v) is 6.62. The van der Waals surface area contributed by atoms with Crippen LogP contribution in [0.2, 0.25) is 0 Å². The maximum atomic E-state index is 12.9. The fraction of sp³-hybridized carbons (Fsp3) is 0.571. The van der Waals surface area contributed by atoms with Gasteiger partial charge in [-0.15, -0.1) is 0 Å². The molecule has 2 unspecified atom stereocenters. The Balaban J connectivity index is 2.71. The zero-order valence-corrected chi connectivity index (χ0v) is 12.0. The molecule has 0 aliphatic rings. The molecule has 1 heterocycles. The highest BCUT2D eigenvalue weighted by atomic mass is 19.1. The van der Waals surface area contributed by atoms with Gasteiger partial charge in [-0.3, -0.25) is 15.1 Å². The van der Waals surface area contributed by atoms with Crippen LogP contribution in [-0.4, -0.2) is 35.4 Å². The zero-order valence-electron chi connectivity index (χ0n) is 12.0. The molecule has 1 aromatic heterocycles. The lowest BCUT2D eigenvalue weighted by molar-refractivity contribution is -0.131. The van der Waals surface area contributed by atoms with Crippen LogP contribution in [0.25, 0.3) is 0 Å². The summed E-state index contributed by atoms with van der Waals surface area (Å²) in [6, 6.07) is 2.70. The van der Waals surface area contributed by atoms with Crippen LogP contribution in [0.4, 0.5) is 4.39 Å². The molecule has 2 atom stereocenters. The number of halogens is 1. The molecule has 0 saturated heterocycles. The third-order valence-corrected chi connectivity index (χ3v) is 3.19. The van der Waals surface area contributed by atoms with Crippen LogP contribution in [0.1, 0.15) is 38.9 Å². The van der Waals surface area contributed by atoms with Crippen molar-refractivity contribution in [2.75, 3.05) is 13.6 Å². The van der Waals surface area contributed by atoms with Crippen LogP contribution in [-0.2, 0) is 4.79 Å². The summed E-state index contributed by atoms with van der Waals surface area (Å²) in [5, 5.41) is 3.24. The quantitative estimate of drug-likeness (QED) is 0.858. The maximum Gasteiger partial charge on any atom is 0.239 e. The van der Waals surface area contributed by atoms with Crippen LogP contribution >= 0.6 is 0 Å². The largest absolute Gasteiger partial charge is 0.345 e. The smallest absolute Gasteiger partial charge is 0.239 e. The number of amides is 1. The highest BCUT2D eigenvalue weighted by molar-refractivity contribution is 5.81. The van der Waals surface area contributed by atoms with Crippen molar-refractivity contribution >= 4 is 5.91 Å². The molecule has 0 bridgehead atoms. The van der Waals surface area contributed by atoms with Crippen LogP contribution in [0.5, 0.6) is 0 Å². The minimum absolute atomic E-state index is 0.0445. The predicted molar refractivity (Wildman–Crippen MR) is 73.1 cm³/mol. The number of nitrogens with zero attached hydrogens (tertiary/aromatic N) is 2. The van der Waals surface area contributed by atoms with E-state index < -0.39 is 0 Å². The van der Waals surface area contributed by atoms with E-state index in [1.54, 1.807) is 18.0 Å². The molecule has 0 saturated carbocycles. The molecule has 4 nitrogen and oxygen atoms in total. The molecule has 0 fully saturated rings. The number of aromatic nitrogens is 1. The van der Waals surface area contributed by atoms with Crippen molar-refractivity contribution < 1.29 is 9.18 Å². The second-order valence-electron chi connectivity index (χ2n) is 4.60. The molecule has 0 radical (unpaired) electrons. The van der Waals surface area contributed by atoms with E-state index in [0.29, 0.717) is 6.54 Å². The Kier molecular flexibility index (Phi) is 5.89. The lowest BCUT2D eigenvalue weighted by atomic mass is 10.1. The van der Waals surface area contributed by atoms with Gasteiger partial charge in [0, 0.05) is 19.6 Å². The van der Waals surface area contributed by atoms with Gasteiger partial charge in [0.15, 0.2) is 0 Å². The number of hydrogen-bond acceptors (Lipinski definition) is 3. The van der Waals surface area contributed by atoms with Crippen molar-refractivity contribution in [2.24, 2.45) is 0 Å². The van der Waals surface area contributed by atoms with Gasteiger partial charge in [0.25, 0.3) is 0 Å². The normalized spacial score (nSPS) is 13.9. The number of rotatable bonds is 6. The average molecular weight is 267 g/mol. The topological polar surface area (TPSA) is 45.2 Å². The summed E-state index contributed by atoms with van der Waals surface area (Å²) in [4.78, 5) is 17.7. The maximum absolute atomic E-state index is 12.9. The number of likely N-dealkylation sites (N-methyl/N-ethyl adjacent to an activating group) is 1. The monoisotopic (exact) mass is 267 g/mol. The van der Waals surface area contributed by atoms with Crippen LogP contribution < -0.4 is 5.32 Å². The van der Waals surface area contributed by atoms with Crippen molar-refractivity contribution in [3.63, 3.8) is 0 Å². The average Bonchev–Trinajstić information content (AvgIpc) is 2.43. The van der Waals surface area contributed by atoms with E-state index >= 15 is 0 Å². The molecular formula is C14H22FN3O. The Morgan fingerprint density at radius 3 is 2.63 bits per heavy atom. The molecule has 19 heavy (non-hydrogen) atoms. The summed E-state index contributed by atoms with van der Waals surface area (Å²) in [5.74, 6) is -0.309. The van der Waals surface area contributed by atoms with Gasteiger partial charge in [-0.1, -0.05) is 6.92 Å². The van der Waals surface area contributed by atoms with Gasteiger partial charge < -0.3 is 4.90 Å². The van der Waals surface area contributed by atoms with E-state index in [1.807, 2.05) is 20.8 Å². The molecule has 1 aromatic rings. The Morgan fingerprint density at radius 2 is 2.16 bits per heavy atom. The van der Waals surface area contributed by atoms with Crippen LogP contribution in [0.3, 0.4) is 0 Å². The summed E-state index contributed by atoms with van der Waals surface area (Å²) in [5.41, 5.74) is 0.753. The second kappa shape index (κ2) is 7.19. The first-order valence-electron chi connectivity index (χ1n) is 6.62. The second-order valence-corrected chi connectivity index (χ2v) is 4.60. The third kappa shape index (κ3) is 4.28. The van der Waals surface area contributed by atoms with E-state index in [1.165, 1.54) is 12.3 Å². The van der Waals surface area contributed by atoms with Crippen molar-refractivity contribution in [1.29, 1.82) is 0 Å². The Hall–Kier alpha value is -1.49. The van der Waals surface area contributed by atoms with E-state index in [0.717, 1.165) is 12.1 Å². The van der Waals surface area contributed by atoms with Crippen molar-refractivity contribution in [3.8, 4) is 0 Å². The molecular weight excluding hydrogens is 245 g/mol. The summed E-state index contributed by atoms with van der Waals surface area (Å²) in [6.07, 6.45) is 1.98. The minimum atomic E-state index is -0.353. The molecule has 0 aliphatic heterocycles. The Morgan fingerprint density at radius 1 is 1.47 bits per heavy atom. The van der Waals surface area contributed by atoms with E-state index in [2.05, 4.69) is 10.3 Å². The lowest BCUT2D eigenvalue weighted by Crippen LogP contribution is -2.44. The minimum Gasteiger partial charge on any atom is -0.345 e. The van der Waals surface area contributed by atoms with Crippen LogP contribution in [0, 0.1) is 5.82 Å². The van der Waals surface area contributed by atoms with Crippen molar-refractivity contribution in [2.45, 2.75) is 39.3 Å². The number of pyridine rings is 1. The summed E-state index contributed by atoms with van der Waals surface area (Å²) >= 11 is 0. The molecule has 5 heteroatoms. The summed E-state index contributed by atoms with van der Waals surface area (Å²) in [6.45, 7) is 6.45. The molecule has 1 rings (SSSR count). The van der Waals surface area contributed by atoms with Gasteiger partial charge in [-0.05, 0) is 32.4 Å². The molecule has 0 spiro atoms. The standard InChI is InChI=1S/C14H22FN3O/c1-5-12(13-8-7-11(15)9-16-13)17-10(3)14(19)18(4)6-2/h7-10,12,17H,5-6H2,1-4H3. The van der Waals surface area contributed by atoms with E-state index in [4.69, 9.17) is 0 Å². The molecule has 1 amide bonds. The lowest BCUT2D eigenvalue weighted by Gasteiger charge is -2.25. The fourth-order valence-electron chi connectivity index (χ4n) is 1.87. The van der Waals surface area contributed by atoms with E-state index in [9.17, 15) is 9.18 Å². The van der Waals surface area contributed by atoms with Crippen molar-refractivity contribution in [3.05, 3.63) is 29.8 Å². The Bertz CT molecular complexity index is 408. The van der Waals surface area contributed by atoms with Gasteiger partial charge in [0.1, 0.15) is 5.82 Å². The van der Waals surface area contributed by atoms with Gasteiger partial charge in [-0.25, -0.2) is 4.39 Å². The SMILES string of the molecule is CCC(NC(C)C(=O)N(C)CC)c1ccc(F)cn1. The molecule has 0 aliphatic carbocycles. The van der Waals surface area contributed by atoms with Gasteiger partial charge in [0.05, 0.1) is 17.9 Å². The van der Waals surface area contributed by atoms with E-state index in [-0.39, 0.29) is 23.8 Å². The highest BCUT2D eigenvalue weighted by Gasteiger charge is 2.20. The third-order valence-electron chi connectivity index (χ3n) is 3.19. The summed E-state index contributed by atoms with van der Waals surface area (Å²) in [7, 11) is 1.78. The van der Waals surface area contributed by atoms with Gasteiger partial charge >= 0.3 is 0 Å². The zero-order chi connectivity index (χ0) is 14.4. The Labute approximate surface area is 114 Å². The number of hydrogen-bond donors (Lipinski definition) is 1. The number of nitrogens with one attached hydrogen (secondary N) is 1. The molecule has 0 aromatic carbocycles. The van der Waals surface area contributed by atoms with Gasteiger partial charge in [-0.2, -0.15) is 0 Å². The van der Waals surface area contributed by atoms with Crippen molar-refractivity contribution in [1.82, 2.24) is 15.2 Å². The first-order chi connectivity index (χ1) is 8.99. The predicted octanol–water partition coefficient (Wildman–Crippen LogP) is 2.13. The summed E-state index contributed by atoms with van der Waals surface area (Å²) < 4.78 is 12.9. The highest BCUT2D eigenvalue weighted by Crippen LogP contribution is 2.15. The first kappa shape index (κ1) is 15.6. The van der Waals surface area contributed by atoms with Crippen LogP contribution in [0.15, 0.2) is 18.3 Å². The molecule has 1 N–H and O–H groups in total.